The molecule has 4 rings (SSSR count). The number of carboxylic acid groups (broad SMARTS) is 1. The molecule has 0 spiro atoms. The fourth-order valence-corrected chi connectivity index (χ4v) is 4.84. The summed E-state index contributed by atoms with van der Waals surface area (Å²) in [5.74, 6) is -0.787. The van der Waals surface area contributed by atoms with Crippen molar-refractivity contribution in [1.29, 1.82) is 0 Å². The van der Waals surface area contributed by atoms with Crippen molar-refractivity contribution in [3.05, 3.63) is 96.1 Å². The van der Waals surface area contributed by atoms with E-state index in [1.54, 1.807) is 4.90 Å². The minimum Gasteiger partial charge on any atom is -0.478 e. The molecule has 2 unspecified atom stereocenters. The largest absolute Gasteiger partial charge is 0.478 e. The summed E-state index contributed by atoms with van der Waals surface area (Å²) in [6.07, 6.45) is 2.94. The molecule has 5 nitrogen and oxygen atoms in total. The molecular formula is C28H30N2O3. The molecule has 1 heterocycles. The van der Waals surface area contributed by atoms with Gasteiger partial charge in [-0.3, -0.25) is 4.79 Å². The zero-order chi connectivity index (χ0) is 23.2. The van der Waals surface area contributed by atoms with E-state index in [0.717, 1.165) is 25.1 Å². The van der Waals surface area contributed by atoms with Crippen molar-refractivity contribution in [1.82, 2.24) is 10.2 Å². The average Bonchev–Trinajstić information content (AvgIpc) is 2.86. The Morgan fingerprint density at radius 1 is 1.03 bits per heavy atom. The predicted molar refractivity (Wildman–Crippen MR) is 131 cm³/mol. The Morgan fingerprint density at radius 3 is 2.55 bits per heavy atom. The second-order valence-corrected chi connectivity index (χ2v) is 8.72. The molecule has 1 fully saturated rings. The van der Waals surface area contributed by atoms with Gasteiger partial charge < -0.3 is 15.3 Å². The van der Waals surface area contributed by atoms with Gasteiger partial charge in [-0.2, -0.15) is 0 Å². The number of nitrogens with one attached hydrogen (secondary N) is 1. The number of carboxylic acids is 1. The van der Waals surface area contributed by atoms with Crippen LogP contribution in [0.4, 0.5) is 0 Å². The zero-order valence-electron chi connectivity index (χ0n) is 18.9. The molecule has 3 atom stereocenters. The van der Waals surface area contributed by atoms with Crippen LogP contribution in [-0.2, 0) is 9.59 Å². The van der Waals surface area contributed by atoms with E-state index in [1.165, 1.54) is 21.9 Å². The molecule has 3 aromatic carbocycles. The molecule has 1 saturated heterocycles. The maximum Gasteiger partial charge on any atom is 0.328 e. The molecule has 1 aliphatic heterocycles. The van der Waals surface area contributed by atoms with E-state index < -0.39 is 5.97 Å². The van der Waals surface area contributed by atoms with Crippen molar-refractivity contribution in [2.24, 2.45) is 5.92 Å². The summed E-state index contributed by atoms with van der Waals surface area (Å²) in [5.41, 5.74) is 2.50. The molecule has 1 aliphatic rings. The van der Waals surface area contributed by atoms with E-state index in [0.29, 0.717) is 19.0 Å². The summed E-state index contributed by atoms with van der Waals surface area (Å²) in [7, 11) is 0. The van der Waals surface area contributed by atoms with Crippen LogP contribution in [0.5, 0.6) is 0 Å². The fraction of sp³-hybridized carbons (Fsp3) is 0.286. The van der Waals surface area contributed by atoms with Crippen molar-refractivity contribution >= 4 is 22.6 Å². The lowest BCUT2D eigenvalue weighted by Gasteiger charge is -2.39. The van der Waals surface area contributed by atoms with E-state index >= 15 is 0 Å². The van der Waals surface area contributed by atoms with E-state index in [2.05, 4.69) is 66.8 Å². The van der Waals surface area contributed by atoms with Gasteiger partial charge in [0.15, 0.2) is 0 Å². The van der Waals surface area contributed by atoms with Crippen LogP contribution in [-0.4, -0.2) is 41.5 Å². The second-order valence-electron chi connectivity index (χ2n) is 8.72. The van der Waals surface area contributed by atoms with Gasteiger partial charge in [-0.15, -0.1) is 0 Å². The third-order valence-corrected chi connectivity index (χ3v) is 6.64. The number of rotatable bonds is 7. The van der Waals surface area contributed by atoms with Crippen molar-refractivity contribution in [3.63, 3.8) is 0 Å². The predicted octanol–water partition coefficient (Wildman–Crippen LogP) is 4.76. The minimum atomic E-state index is -1.11. The Bertz CT molecular complexity index is 1140. The maximum absolute atomic E-state index is 12.5. The maximum atomic E-state index is 12.5. The number of fused-ring (bicyclic) bond motifs is 1. The molecule has 1 amide bonds. The minimum absolute atomic E-state index is 0.189. The van der Waals surface area contributed by atoms with Crippen LogP contribution in [0.1, 0.15) is 36.4 Å². The van der Waals surface area contributed by atoms with Gasteiger partial charge in [0.2, 0.25) is 5.91 Å². The smallest absolute Gasteiger partial charge is 0.328 e. The molecule has 33 heavy (non-hydrogen) atoms. The van der Waals surface area contributed by atoms with Gasteiger partial charge in [-0.05, 0) is 47.7 Å². The molecule has 3 aromatic rings. The van der Waals surface area contributed by atoms with Crippen molar-refractivity contribution in [2.45, 2.75) is 25.3 Å². The van der Waals surface area contributed by atoms with Gasteiger partial charge >= 0.3 is 5.97 Å². The highest BCUT2D eigenvalue weighted by Crippen LogP contribution is 2.33. The van der Waals surface area contributed by atoms with Crippen molar-refractivity contribution in [2.75, 3.05) is 19.6 Å². The molecule has 0 radical (unpaired) electrons. The number of amides is 1. The molecule has 0 aliphatic carbocycles. The Kier molecular flexibility index (Phi) is 7.20. The molecule has 5 heteroatoms. The van der Waals surface area contributed by atoms with E-state index in [-0.39, 0.29) is 17.9 Å². The van der Waals surface area contributed by atoms with Crippen LogP contribution in [0.25, 0.3) is 10.8 Å². The Hall–Kier alpha value is -3.44. The quantitative estimate of drug-likeness (QED) is 0.518. The third-order valence-electron chi connectivity index (χ3n) is 6.64. The van der Waals surface area contributed by atoms with Gasteiger partial charge in [0, 0.05) is 37.2 Å². The third kappa shape index (κ3) is 5.49. The summed E-state index contributed by atoms with van der Waals surface area (Å²) in [4.78, 5) is 25.1. The number of benzene rings is 3. The number of nitrogens with zero attached hydrogens (tertiary/aromatic N) is 1. The number of hydrogen-bond acceptors (Lipinski definition) is 3. The number of carbonyl (C=O) groups is 2. The number of piperidine rings is 1. The lowest BCUT2D eigenvalue weighted by Crippen LogP contribution is -2.45. The average molecular weight is 443 g/mol. The Balaban J connectivity index is 1.49. The van der Waals surface area contributed by atoms with Gasteiger partial charge in [-0.1, -0.05) is 72.8 Å². The molecule has 2 N–H and O–H groups in total. The molecule has 0 aromatic heterocycles. The van der Waals surface area contributed by atoms with Crippen LogP contribution in [0, 0.1) is 5.92 Å². The highest BCUT2D eigenvalue weighted by Gasteiger charge is 2.32. The van der Waals surface area contributed by atoms with E-state index in [4.69, 9.17) is 5.11 Å². The standard InChI is InChI=1S/C28H30N2O3/c1-20(24-13-7-11-21-10-5-6-12-25(21)24)29-18-23-16-17-30(27(31)14-15-28(32)33)19-26(23)22-8-3-2-4-9-22/h2-15,20,23,26,29H,16-19H2,1H3,(H,32,33)/t20-,23?,26?/m1/s1. The van der Waals surface area contributed by atoms with Gasteiger partial charge in [0.1, 0.15) is 0 Å². The highest BCUT2D eigenvalue weighted by atomic mass is 16.4. The molecule has 0 saturated carbocycles. The summed E-state index contributed by atoms with van der Waals surface area (Å²) < 4.78 is 0. The summed E-state index contributed by atoms with van der Waals surface area (Å²) >= 11 is 0. The fourth-order valence-electron chi connectivity index (χ4n) is 4.84. The van der Waals surface area contributed by atoms with Gasteiger partial charge in [-0.25, -0.2) is 4.79 Å². The topological polar surface area (TPSA) is 69.6 Å². The molecular weight excluding hydrogens is 412 g/mol. The SMILES string of the molecule is C[C@@H](NCC1CCN(C(=O)C=CC(=O)O)CC1c1ccccc1)c1cccc2ccccc12. The van der Waals surface area contributed by atoms with Gasteiger partial charge in [0.05, 0.1) is 0 Å². The lowest BCUT2D eigenvalue weighted by molar-refractivity contribution is -0.132. The Labute approximate surface area is 194 Å². The van der Waals surface area contributed by atoms with Crippen LogP contribution >= 0.6 is 0 Å². The zero-order valence-corrected chi connectivity index (χ0v) is 18.9. The van der Waals surface area contributed by atoms with E-state index in [1.807, 2.05) is 18.2 Å². The first-order valence-electron chi connectivity index (χ1n) is 11.5. The number of hydrogen-bond donors (Lipinski definition) is 2. The summed E-state index contributed by atoms with van der Waals surface area (Å²) in [6.45, 7) is 4.26. The molecule has 170 valence electrons. The van der Waals surface area contributed by atoms with Crippen LogP contribution in [0.15, 0.2) is 84.9 Å². The van der Waals surface area contributed by atoms with Crippen LogP contribution in [0.2, 0.25) is 0 Å². The summed E-state index contributed by atoms with van der Waals surface area (Å²) in [6, 6.07) is 25.4. The van der Waals surface area contributed by atoms with Crippen LogP contribution < -0.4 is 5.32 Å². The first-order valence-corrected chi connectivity index (χ1v) is 11.5. The number of likely N-dealkylation sites (tertiary alicyclic amines) is 1. The van der Waals surface area contributed by atoms with Crippen molar-refractivity contribution < 1.29 is 14.7 Å². The number of aliphatic carboxylic acids is 1. The normalized spacial score (nSPS) is 19.6. The second kappa shape index (κ2) is 10.5. The Morgan fingerprint density at radius 2 is 1.76 bits per heavy atom. The van der Waals surface area contributed by atoms with Gasteiger partial charge in [0.25, 0.3) is 0 Å². The number of carbonyl (C=O) groups excluding carboxylic acids is 1. The first kappa shape index (κ1) is 22.7. The molecule has 0 bridgehead atoms. The van der Waals surface area contributed by atoms with Crippen molar-refractivity contribution in [3.8, 4) is 0 Å². The summed E-state index contributed by atoms with van der Waals surface area (Å²) in [5, 5.41) is 15.1. The van der Waals surface area contributed by atoms with E-state index in [9.17, 15) is 9.59 Å². The monoisotopic (exact) mass is 442 g/mol. The first-order chi connectivity index (χ1) is 16.0. The van der Waals surface area contributed by atoms with Crippen LogP contribution in [0.3, 0.4) is 0 Å². The highest BCUT2D eigenvalue weighted by molar-refractivity contribution is 5.94. The lowest BCUT2D eigenvalue weighted by atomic mass is 9.80.